The highest BCUT2D eigenvalue weighted by Crippen LogP contribution is 2.28. The lowest BCUT2D eigenvalue weighted by atomic mass is 9.97. The summed E-state index contributed by atoms with van der Waals surface area (Å²) in [6.45, 7) is 9.87. The highest BCUT2D eigenvalue weighted by atomic mass is 16.6. The van der Waals surface area contributed by atoms with E-state index in [1.54, 1.807) is 45.0 Å². The number of hydrogen-bond donors (Lipinski definition) is 2. The van der Waals surface area contributed by atoms with Crippen molar-refractivity contribution >= 4 is 23.6 Å². The highest BCUT2D eigenvalue weighted by molar-refractivity contribution is 6.00. The molecule has 3 amide bonds. The fourth-order valence-electron chi connectivity index (χ4n) is 3.69. The number of amides is 3. The lowest BCUT2D eigenvalue weighted by Crippen LogP contribution is -2.51. The van der Waals surface area contributed by atoms with Gasteiger partial charge in [0.25, 0.3) is 5.91 Å². The van der Waals surface area contributed by atoms with Crippen molar-refractivity contribution in [2.45, 2.75) is 59.2 Å². The third kappa shape index (κ3) is 7.10. The second-order valence-electron chi connectivity index (χ2n) is 9.38. The number of anilines is 1. The average molecular weight is 489 g/mol. The summed E-state index contributed by atoms with van der Waals surface area (Å²) in [5.74, 6) is 1.37. The van der Waals surface area contributed by atoms with Crippen molar-refractivity contribution in [2.24, 2.45) is 0 Å². The summed E-state index contributed by atoms with van der Waals surface area (Å²) >= 11 is 0. The van der Waals surface area contributed by atoms with E-state index in [0.717, 1.165) is 16.0 Å². The first kappa shape index (κ1) is 27.9. The van der Waals surface area contributed by atoms with Crippen LogP contribution in [0.5, 0.6) is 0 Å². The number of ether oxygens (including phenoxy) is 1. The quantitative estimate of drug-likeness (QED) is 0.448. The van der Waals surface area contributed by atoms with Crippen LogP contribution in [0.3, 0.4) is 0 Å². The van der Waals surface area contributed by atoms with Crippen molar-refractivity contribution in [3.8, 4) is 18.4 Å². The Labute approximate surface area is 212 Å². The molecule has 0 saturated carbocycles. The van der Waals surface area contributed by atoms with E-state index >= 15 is 0 Å². The first-order valence-corrected chi connectivity index (χ1v) is 11.5. The Morgan fingerprint density at radius 2 is 1.69 bits per heavy atom. The van der Waals surface area contributed by atoms with Gasteiger partial charge in [0, 0.05) is 11.3 Å². The van der Waals surface area contributed by atoms with E-state index in [-0.39, 0.29) is 0 Å². The van der Waals surface area contributed by atoms with Crippen molar-refractivity contribution in [2.75, 3.05) is 11.9 Å². The Morgan fingerprint density at radius 1 is 1.08 bits per heavy atom. The topological polar surface area (TPSA) is 112 Å². The normalized spacial score (nSPS) is 12.3. The standard InChI is InChI=1S/C28H32N4O4/c1-8-21-14-9-10-15-22(21)24(25(33)31-23-18(2)12-11-13-19(23)3)32(17-16-29)26(34)20(4)30-27(35)36-28(5,6)7/h1,9-15,20,24H,17H2,2-7H3,(H,30,35)(H,31,33). The van der Waals surface area contributed by atoms with E-state index in [1.165, 1.54) is 6.92 Å². The molecule has 2 aromatic carbocycles. The van der Waals surface area contributed by atoms with Gasteiger partial charge in [-0.05, 0) is 64.3 Å². The number of rotatable bonds is 7. The van der Waals surface area contributed by atoms with E-state index in [1.807, 2.05) is 38.1 Å². The van der Waals surface area contributed by atoms with Gasteiger partial charge in [0.15, 0.2) is 0 Å². The second kappa shape index (κ2) is 11.9. The fourth-order valence-corrected chi connectivity index (χ4v) is 3.69. The van der Waals surface area contributed by atoms with Crippen molar-refractivity contribution < 1.29 is 19.1 Å². The Balaban J connectivity index is 2.52. The van der Waals surface area contributed by atoms with Gasteiger partial charge in [0.2, 0.25) is 5.91 Å². The molecule has 2 atom stereocenters. The summed E-state index contributed by atoms with van der Waals surface area (Å²) in [5, 5.41) is 14.9. The third-order valence-corrected chi connectivity index (χ3v) is 5.33. The fraction of sp³-hybridized carbons (Fsp3) is 0.357. The Morgan fingerprint density at radius 3 is 2.25 bits per heavy atom. The monoisotopic (exact) mass is 488 g/mol. The minimum Gasteiger partial charge on any atom is -0.444 e. The minimum atomic E-state index is -1.23. The molecule has 0 fully saturated rings. The van der Waals surface area contributed by atoms with E-state index in [0.29, 0.717) is 16.8 Å². The molecule has 0 saturated heterocycles. The number of nitrogens with zero attached hydrogens (tertiary/aromatic N) is 2. The van der Waals surface area contributed by atoms with Gasteiger partial charge in [-0.1, -0.05) is 42.3 Å². The maximum Gasteiger partial charge on any atom is 0.408 e. The van der Waals surface area contributed by atoms with E-state index in [9.17, 15) is 19.6 Å². The SMILES string of the molecule is C#Cc1ccccc1C(C(=O)Nc1c(C)cccc1C)N(CC#N)C(=O)C(C)NC(=O)OC(C)(C)C. The Kier molecular flexibility index (Phi) is 9.24. The summed E-state index contributed by atoms with van der Waals surface area (Å²) in [6, 6.07) is 12.0. The van der Waals surface area contributed by atoms with Crippen LogP contribution < -0.4 is 10.6 Å². The minimum absolute atomic E-state index is 0.386. The van der Waals surface area contributed by atoms with E-state index in [4.69, 9.17) is 11.2 Å². The van der Waals surface area contributed by atoms with Crippen molar-refractivity contribution in [3.05, 3.63) is 64.7 Å². The Bertz CT molecular complexity index is 1200. The van der Waals surface area contributed by atoms with Crippen molar-refractivity contribution in [1.82, 2.24) is 10.2 Å². The maximum absolute atomic E-state index is 13.7. The predicted octanol–water partition coefficient (Wildman–Crippen LogP) is 4.23. The average Bonchev–Trinajstić information content (AvgIpc) is 2.79. The van der Waals surface area contributed by atoms with Crippen LogP contribution in [0.1, 0.15) is 56.0 Å². The number of nitriles is 1. The van der Waals surface area contributed by atoms with Gasteiger partial charge in [0.1, 0.15) is 24.2 Å². The Hall–Kier alpha value is -4.30. The van der Waals surface area contributed by atoms with E-state index < -0.39 is 42.1 Å². The molecule has 36 heavy (non-hydrogen) atoms. The molecular weight excluding hydrogens is 456 g/mol. The number of alkyl carbamates (subject to hydrolysis) is 1. The van der Waals surface area contributed by atoms with Gasteiger partial charge in [0.05, 0.1) is 6.07 Å². The maximum atomic E-state index is 13.7. The van der Waals surface area contributed by atoms with Gasteiger partial charge in [-0.3, -0.25) is 9.59 Å². The number of carbonyl (C=O) groups excluding carboxylic acids is 3. The zero-order valence-electron chi connectivity index (χ0n) is 21.5. The van der Waals surface area contributed by atoms with Gasteiger partial charge in [-0.25, -0.2) is 4.79 Å². The van der Waals surface area contributed by atoms with Crippen LogP contribution in [0, 0.1) is 37.5 Å². The van der Waals surface area contributed by atoms with Crippen LogP contribution >= 0.6 is 0 Å². The predicted molar refractivity (Wildman–Crippen MR) is 138 cm³/mol. The lowest BCUT2D eigenvalue weighted by Gasteiger charge is -2.32. The van der Waals surface area contributed by atoms with Crippen LogP contribution in [-0.2, 0) is 14.3 Å². The van der Waals surface area contributed by atoms with Crippen LogP contribution in [-0.4, -0.2) is 41.0 Å². The summed E-state index contributed by atoms with van der Waals surface area (Å²) in [4.78, 5) is 40.6. The molecule has 2 unspecified atom stereocenters. The molecular formula is C28H32N4O4. The summed E-state index contributed by atoms with van der Waals surface area (Å²) in [7, 11) is 0. The number of nitrogens with one attached hydrogen (secondary N) is 2. The molecule has 0 aliphatic heterocycles. The highest BCUT2D eigenvalue weighted by Gasteiger charge is 2.36. The smallest absolute Gasteiger partial charge is 0.408 e. The summed E-state index contributed by atoms with van der Waals surface area (Å²) < 4.78 is 5.24. The molecule has 188 valence electrons. The number of aryl methyl sites for hydroxylation is 2. The summed E-state index contributed by atoms with van der Waals surface area (Å²) in [5.41, 5.74) is 2.31. The van der Waals surface area contributed by atoms with Crippen LogP contribution in [0.25, 0.3) is 0 Å². The van der Waals surface area contributed by atoms with E-state index in [2.05, 4.69) is 16.6 Å². The molecule has 0 radical (unpaired) electrons. The van der Waals surface area contributed by atoms with Crippen LogP contribution in [0.15, 0.2) is 42.5 Å². The zero-order chi connectivity index (χ0) is 27.0. The molecule has 8 nitrogen and oxygen atoms in total. The lowest BCUT2D eigenvalue weighted by molar-refractivity contribution is -0.139. The largest absolute Gasteiger partial charge is 0.444 e. The van der Waals surface area contributed by atoms with Gasteiger partial charge < -0.3 is 20.3 Å². The first-order valence-electron chi connectivity index (χ1n) is 11.5. The van der Waals surface area contributed by atoms with Crippen molar-refractivity contribution in [3.63, 3.8) is 0 Å². The molecule has 2 N–H and O–H groups in total. The number of terminal acetylenes is 1. The summed E-state index contributed by atoms with van der Waals surface area (Å²) in [6.07, 6.45) is 4.91. The first-order chi connectivity index (χ1) is 16.9. The second-order valence-corrected chi connectivity index (χ2v) is 9.38. The third-order valence-electron chi connectivity index (χ3n) is 5.33. The number of hydrogen-bond acceptors (Lipinski definition) is 5. The number of carbonyl (C=O) groups is 3. The molecule has 2 rings (SSSR count). The zero-order valence-corrected chi connectivity index (χ0v) is 21.5. The number of benzene rings is 2. The van der Waals surface area contributed by atoms with Gasteiger partial charge >= 0.3 is 6.09 Å². The molecule has 0 aliphatic carbocycles. The molecule has 0 heterocycles. The van der Waals surface area contributed by atoms with Gasteiger partial charge in [-0.15, -0.1) is 6.42 Å². The van der Waals surface area contributed by atoms with Crippen LogP contribution in [0.2, 0.25) is 0 Å². The van der Waals surface area contributed by atoms with Crippen molar-refractivity contribution in [1.29, 1.82) is 5.26 Å². The molecule has 0 bridgehead atoms. The molecule has 8 heteroatoms. The molecule has 0 aromatic heterocycles. The molecule has 2 aromatic rings. The van der Waals surface area contributed by atoms with Gasteiger partial charge in [-0.2, -0.15) is 5.26 Å². The van der Waals surface area contributed by atoms with Crippen LogP contribution in [0.4, 0.5) is 10.5 Å². The number of para-hydroxylation sites is 1. The molecule has 0 spiro atoms. The molecule has 0 aliphatic rings.